The highest BCUT2D eigenvalue weighted by Gasteiger charge is 2.51. The summed E-state index contributed by atoms with van der Waals surface area (Å²) in [4.78, 5) is 0. The molecule has 2 rings (SSSR count). The zero-order chi connectivity index (χ0) is 14.8. The lowest BCUT2D eigenvalue weighted by molar-refractivity contribution is -0.0699. The first-order valence-corrected chi connectivity index (χ1v) is 7.24. The molecular formula is C17H23NO2. The Hall–Kier alpha value is -1.53. The fourth-order valence-electron chi connectivity index (χ4n) is 3.27. The van der Waals surface area contributed by atoms with E-state index in [1.165, 1.54) is 0 Å². The molecule has 0 radical (unpaired) electrons. The smallest absolute Gasteiger partial charge is 0.124 e. The minimum atomic E-state index is -1.20. The fourth-order valence-corrected chi connectivity index (χ4v) is 3.27. The van der Waals surface area contributed by atoms with E-state index in [9.17, 15) is 10.4 Å². The van der Waals surface area contributed by atoms with Crippen LogP contribution in [0.4, 0.5) is 0 Å². The topological polar surface area (TPSA) is 53.2 Å². The SMILES string of the molecule is COc1ccccc1C(C)(O)C1(C#N)CCC(C)CC1. The fraction of sp³-hybridized carbons (Fsp3) is 0.588. The Morgan fingerprint density at radius 2 is 1.95 bits per heavy atom. The molecule has 0 amide bonds. The predicted octanol–water partition coefficient (Wildman–Crippen LogP) is 3.62. The Morgan fingerprint density at radius 3 is 2.50 bits per heavy atom. The molecule has 3 nitrogen and oxygen atoms in total. The van der Waals surface area contributed by atoms with E-state index in [2.05, 4.69) is 13.0 Å². The van der Waals surface area contributed by atoms with Gasteiger partial charge in [-0.25, -0.2) is 0 Å². The summed E-state index contributed by atoms with van der Waals surface area (Å²) in [5, 5.41) is 20.9. The number of nitrogens with zero attached hydrogens (tertiary/aromatic N) is 1. The van der Waals surface area contributed by atoms with E-state index in [1.54, 1.807) is 14.0 Å². The molecule has 1 saturated carbocycles. The summed E-state index contributed by atoms with van der Waals surface area (Å²) < 4.78 is 5.36. The summed E-state index contributed by atoms with van der Waals surface area (Å²) in [5.41, 5.74) is -1.22. The molecule has 0 aromatic heterocycles. The van der Waals surface area contributed by atoms with Gasteiger partial charge in [-0.05, 0) is 44.6 Å². The van der Waals surface area contributed by atoms with Crippen molar-refractivity contribution in [3.63, 3.8) is 0 Å². The normalized spacial score (nSPS) is 29.2. The molecule has 1 N–H and O–H groups in total. The lowest BCUT2D eigenvalue weighted by atomic mass is 9.61. The molecule has 0 aliphatic heterocycles. The monoisotopic (exact) mass is 273 g/mol. The highest BCUT2D eigenvalue weighted by atomic mass is 16.5. The van der Waals surface area contributed by atoms with Crippen LogP contribution >= 0.6 is 0 Å². The number of ether oxygens (including phenoxy) is 1. The Balaban J connectivity index is 2.44. The minimum absolute atomic E-state index is 0.630. The van der Waals surface area contributed by atoms with Gasteiger partial charge in [0.05, 0.1) is 18.6 Å². The average Bonchev–Trinajstić information content (AvgIpc) is 2.48. The molecule has 1 fully saturated rings. The maximum atomic E-state index is 11.2. The van der Waals surface area contributed by atoms with Gasteiger partial charge in [-0.3, -0.25) is 0 Å². The van der Waals surface area contributed by atoms with Gasteiger partial charge >= 0.3 is 0 Å². The second-order valence-electron chi connectivity index (χ2n) is 6.15. The standard InChI is InChI=1S/C17H23NO2/c1-13-8-10-17(12-18,11-9-13)16(2,19)14-6-4-5-7-15(14)20-3/h4-7,13,19H,8-11H2,1-3H3. The maximum absolute atomic E-state index is 11.2. The molecule has 3 heteroatoms. The summed E-state index contributed by atoms with van der Waals surface area (Å²) >= 11 is 0. The van der Waals surface area contributed by atoms with Crippen LogP contribution in [0.3, 0.4) is 0 Å². The summed E-state index contributed by atoms with van der Waals surface area (Å²) in [7, 11) is 1.59. The van der Waals surface area contributed by atoms with Gasteiger partial charge < -0.3 is 9.84 Å². The molecule has 20 heavy (non-hydrogen) atoms. The molecule has 1 aliphatic rings. The Bertz CT molecular complexity index is 508. The van der Waals surface area contributed by atoms with Crippen molar-refractivity contribution in [1.29, 1.82) is 5.26 Å². The second-order valence-corrected chi connectivity index (χ2v) is 6.15. The zero-order valence-corrected chi connectivity index (χ0v) is 12.5. The third-order valence-electron chi connectivity index (χ3n) is 4.91. The number of para-hydroxylation sites is 1. The first-order valence-electron chi connectivity index (χ1n) is 7.24. The van der Waals surface area contributed by atoms with Gasteiger partial charge in [0, 0.05) is 5.56 Å². The number of methoxy groups -OCH3 is 1. The summed E-state index contributed by atoms with van der Waals surface area (Å²) in [6.45, 7) is 3.96. The summed E-state index contributed by atoms with van der Waals surface area (Å²) in [5.74, 6) is 1.27. The van der Waals surface area contributed by atoms with Gasteiger partial charge in [0.15, 0.2) is 0 Å². The van der Waals surface area contributed by atoms with Crippen LogP contribution in [0.15, 0.2) is 24.3 Å². The molecule has 0 bridgehead atoms. The van der Waals surface area contributed by atoms with Gasteiger partial charge in [0.1, 0.15) is 11.4 Å². The molecule has 1 aliphatic carbocycles. The van der Waals surface area contributed by atoms with Crippen LogP contribution in [0.5, 0.6) is 5.75 Å². The summed E-state index contributed by atoms with van der Waals surface area (Å²) in [6.07, 6.45) is 3.43. The number of rotatable bonds is 3. The minimum Gasteiger partial charge on any atom is -0.496 e. The van der Waals surface area contributed by atoms with Crippen LogP contribution in [0.1, 0.15) is 45.1 Å². The second kappa shape index (κ2) is 5.46. The van der Waals surface area contributed by atoms with Crippen molar-refractivity contribution in [2.75, 3.05) is 7.11 Å². The van der Waals surface area contributed by atoms with E-state index in [-0.39, 0.29) is 0 Å². The van der Waals surface area contributed by atoms with E-state index in [0.717, 1.165) is 25.7 Å². The largest absolute Gasteiger partial charge is 0.496 e. The van der Waals surface area contributed by atoms with E-state index < -0.39 is 11.0 Å². The van der Waals surface area contributed by atoms with Crippen molar-refractivity contribution in [3.8, 4) is 11.8 Å². The van der Waals surface area contributed by atoms with Crippen LogP contribution in [0.2, 0.25) is 0 Å². The van der Waals surface area contributed by atoms with E-state index in [4.69, 9.17) is 4.74 Å². The number of nitriles is 1. The number of aliphatic hydroxyl groups is 1. The Morgan fingerprint density at radius 1 is 1.35 bits per heavy atom. The molecule has 1 aromatic carbocycles. The van der Waals surface area contributed by atoms with Crippen LogP contribution in [-0.2, 0) is 5.60 Å². The van der Waals surface area contributed by atoms with Crippen molar-refractivity contribution < 1.29 is 9.84 Å². The molecule has 0 saturated heterocycles. The van der Waals surface area contributed by atoms with E-state index in [0.29, 0.717) is 17.2 Å². The third-order valence-corrected chi connectivity index (χ3v) is 4.91. The highest BCUT2D eigenvalue weighted by Crippen LogP contribution is 2.52. The number of benzene rings is 1. The van der Waals surface area contributed by atoms with E-state index in [1.807, 2.05) is 24.3 Å². The Kier molecular flexibility index (Phi) is 4.06. The molecule has 1 unspecified atom stereocenters. The number of hydrogen-bond donors (Lipinski definition) is 1. The molecule has 1 atom stereocenters. The van der Waals surface area contributed by atoms with Crippen LogP contribution < -0.4 is 4.74 Å². The lowest BCUT2D eigenvalue weighted by Crippen LogP contribution is -2.45. The molecular weight excluding hydrogens is 250 g/mol. The maximum Gasteiger partial charge on any atom is 0.124 e. The quantitative estimate of drug-likeness (QED) is 0.915. The van der Waals surface area contributed by atoms with Gasteiger partial charge in [-0.15, -0.1) is 0 Å². The van der Waals surface area contributed by atoms with Crippen LogP contribution in [0, 0.1) is 22.7 Å². The van der Waals surface area contributed by atoms with E-state index >= 15 is 0 Å². The van der Waals surface area contributed by atoms with Gasteiger partial charge in [0.25, 0.3) is 0 Å². The van der Waals surface area contributed by atoms with Crippen molar-refractivity contribution in [2.24, 2.45) is 11.3 Å². The predicted molar refractivity (Wildman–Crippen MR) is 78.2 cm³/mol. The lowest BCUT2D eigenvalue weighted by Gasteiger charge is -2.44. The molecule has 0 spiro atoms. The Labute approximate surface area is 121 Å². The highest BCUT2D eigenvalue weighted by molar-refractivity contribution is 5.40. The first-order chi connectivity index (χ1) is 9.47. The zero-order valence-electron chi connectivity index (χ0n) is 12.5. The molecule has 0 heterocycles. The molecule has 108 valence electrons. The van der Waals surface area contributed by atoms with Crippen LogP contribution in [0.25, 0.3) is 0 Å². The van der Waals surface area contributed by atoms with Gasteiger partial charge in [0.2, 0.25) is 0 Å². The van der Waals surface area contributed by atoms with Crippen molar-refractivity contribution in [2.45, 2.75) is 45.1 Å². The van der Waals surface area contributed by atoms with Crippen LogP contribution in [-0.4, -0.2) is 12.2 Å². The average molecular weight is 273 g/mol. The number of hydrogen-bond acceptors (Lipinski definition) is 3. The van der Waals surface area contributed by atoms with Gasteiger partial charge in [-0.2, -0.15) is 5.26 Å². The van der Waals surface area contributed by atoms with Crippen molar-refractivity contribution in [3.05, 3.63) is 29.8 Å². The van der Waals surface area contributed by atoms with Crippen molar-refractivity contribution in [1.82, 2.24) is 0 Å². The third kappa shape index (κ3) is 2.29. The summed E-state index contributed by atoms with van der Waals surface area (Å²) in [6, 6.07) is 9.87. The molecule has 1 aromatic rings. The van der Waals surface area contributed by atoms with Crippen molar-refractivity contribution >= 4 is 0 Å². The van der Waals surface area contributed by atoms with Gasteiger partial charge in [-0.1, -0.05) is 25.1 Å². The first kappa shape index (κ1) is 14.9.